The summed E-state index contributed by atoms with van der Waals surface area (Å²) in [5, 5.41) is 2.86. The maximum absolute atomic E-state index is 12.2. The standard InChI is InChI=1S/C18H22N2O3S/c1-13-5-6-16(14(2)11-13)12-19-18(21)15-7-9-17(10-8-15)24(22,23)20(3)4/h5-11H,12H2,1-4H3,(H,19,21). The molecule has 0 atom stereocenters. The minimum atomic E-state index is -3.48. The Morgan fingerprint density at radius 1 is 1.04 bits per heavy atom. The average molecular weight is 346 g/mol. The van der Waals surface area contributed by atoms with Crippen LogP contribution in [0, 0.1) is 13.8 Å². The zero-order valence-electron chi connectivity index (χ0n) is 14.3. The lowest BCUT2D eigenvalue weighted by molar-refractivity contribution is 0.0951. The van der Waals surface area contributed by atoms with E-state index in [4.69, 9.17) is 0 Å². The van der Waals surface area contributed by atoms with Crippen molar-refractivity contribution in [2.75, 3.05) is 14.1 Å². The van der Waals surface area contributed by atoms with Gasteiger partial charge in [0.2, 0.25) is 10.0 Å². The van der Waals surface area contributed by atoms with Crippen molar-refractivity contribution in [3.63, 3.8) is 0 Å². The lowest BCUT2D eigenvalue weighted by Crippen LogP contribution is -2.24. The summed E-state index contributed by atoms with van der Waals surface area (Å²) in [7, 11) is -0.539. The summed E-state index contributed by atoms with van der Waals surface area (Å²) in [6.45, 7) is 4.47. The van der Waals surface area contributed by atoms with Crippen LogP contribution in [0.4, 0.5) is 0 Å². The van der Waals surface area contributed by atoms with Crippen LogP contribution in [0.1, 0.15) is 27.0 Å². The highest BCUT2D eigenvalue weighted by atomic mass is 32.2. The van der Waals surface area contributed by atoms with Gasteiger partial charge in [0.05, 0.1) is 4.90 Å². The number of hydrogen-bond acceptors (Lipinski definition) is 3. The van der Waals surface area contributed by atoms with Crippen LogP contribution in [0.3, 0.4) is 0 Å². The summed E-state index contributed by atoms with van der Waals surface area (Å²) in [6.07, 6.45) is 0. The molecule has 0 spiro atoms. The van der Waals surface area contributed by atoms with E-state index >= 15 is 0 Å². The smallest absolute Gasteiger partial charge is 0.251 e. The molecule has 0 aliphatic rings. The predicted molar refractivity (Wildman–Crippen MR) is 94.4 cm³/mol. The molecule has 6 heteroatoms. The second-order valence-electron chi connectivity index (χ2n) is 5.92. The molecule has 2 rings (SSSR count). The van der Waals surface area contributed by atoms with E-state index < -0.39 is 10.0 Å². The highest BCUT2D eigenvalue weighted by molar-refractivity contribution is 7.89. The lowest BCUT2D eigenvalue weighted by Gasteiger charge is -2.12. The van der Waals surface area contributed by atoms with Gasteiger partial charge in [0.25, 0.3) is 5.91 Å². The van der Waals surface area contributed by atoms with Gasteiger partial charge in [-0.1, -0.05) is 23.8 Å². The summed E-state index contributed by atoms with van der Waals surface area (Å²) in [4.78, 5) is 12.4. The molecule has 0 saturated heterocycles. The first kappa shape index (κ1) is 18.2. The maximum Gasteiger partial charge on any atom is 0.251 e. The number of hydrogen-bond donors (Lipinski definition) is 1. The molecule has 128 valence electrons. The normalized spacial score (nSPS) is 11.5. The van der Waals surface area contributed by atoms with Gasteiger partial charge < -0.3 is 5.32 Å². The minimum Gasteiger partial charge on any atom is -0.348 e. The van der Waals surface area contributed by atoms with Gasteiger partial charge in [0, 0.05) is 26.2 Å². The van der Waals surface area contributed by atoms with Crippen molar-refractivity contribution < 1.29 is 13.2 Å². The third-order valence-corrected chi connectivity index (χ3v) is 5.66. The Labute approximate surface area is 143 Å². The molecular weight excluding hydrogens is 324 g/mol. The molecule has 0 aromatic heterocycles. The van der Waals surface area contributed by atoms with Crippen LogP contribution in [0.25, 0.3) is 0 Å². The molecule has 2 aromatic carbocycles. The summed E-state index contributed by atoms with van der Waals surface area (Å²) in [5.74, 6) is -0.233. The van der Waals surface area contributed by atoms with E-state index in [-0.39, 0.29) is 10.8 Å². The van der Waals surface area contributed by atoms with Crippen LogP contribution in [0.15, 0.2) is 47.4 Å². The Morgan fingerprint density at radius 3 is 2.21 bits per heavy atom. The first-order valence-corrected chi connectivity index (χ1v) is 9.03. The monoisotopic (exact) mass is 346 g/mol. The van der Waals surface area contributed by atoms with Crippen molar-refractivity contribution in [3.05, 3.63) is 64.7 Å². The van der Waals surface area contributed by atoms with Gasteiger partial charge in [-0.3, -0.25) is 4.79 Å². The Balaban J connectivity index is 2.08. The van der Waals surface area contributed by atoms with Crippen LogP contribution in [0.5, 0.6) is 0 Å². The molecule has 0 saturated carbocycles. The second-order valence-corrected chi connectivity index (χ2v) is 8.08. The minimum absolute atomic E-state index is 0.165. The van der Waals surface area contributed by atoms with Gasteiger partial charge in [-0.05, 0) is 49.2 Å². The van der Waals surface area contributed by atoms with Gasteiger partial charge >= 0.3 is 0 Å². The second kappa shape index (κ2) is 7.15. The lowest BCUT2D eigenvalue weighted by atomic mass is 10.1. The number of nitrogens with zero attached hydrogens (tertiary/aromatic N) is 1. The molecule has 1 N–H and O–H groups in total. The van der Waals surface area contributed by atoms with Crippen molar-refractivity contribution in [3.8, 4) is 0 Å². The van der Waals surface area contributed by atoms with E-state index in [1.165, 1.54) is 43.9 Å². The zero-order chi connectivity index (χ0) is 17.9. The number of carbonyl (C=O) groups excluding carboxylic acids is 1. The number of rotatable bonds is 5. The molecule has 0 aliphatic carbocycles. The van der Waals surface area contributed by atoms with Crippen molar-refractivity contribution in [2.45, 2.75) is 25.3 Å². The van der Waals surface area contributed by atoms with Gasteiger partial charge in [-0.25, -0.2) is 12.7 Å². The van der Waals surface area contributed by atoms with Crippen LogP contribution < -0.4 is 5.32 Å². The Hall–Kier alpha value is -2.18. The molecule has 0 bridgehead atoms. The largest absolute Gasteiger partial charge is 0.348 e. The average Bonchev–Trinajstić information content (AvgIpc) is 2.53. The van der Waals surface area contributed by atoms with E-state index in [0.717, 1.165) is 15.4 Å². The van der Waals surface area contributed by atoms with E-state index in [2.05, 4.69) is 11.4 Å². The fourth-order valence-electron chi connectivity index (χ4n) is 2.31. The predicted octanol–water partition coefficient (Wildman–Crippen LogP) is 2.48. The van der Waals surface area contributed by atoms with Crippen molar-refractivity contribution in [1.29, 1.82) is 0 Å². The molecule has 1 amide bonds. The fourth-order valence-corrected chi connectivity index (χ4v) is 3.21. The molecule has 0 heterocycles. The molecule has 5 nitrogen and oxygen atoms in total. The number of benzene rings is 2. The van der Waals surface area contributed by atoms with Crippen LogP contribution >= 0.6 is 0 Å². The molecule has 0 aliphatic heterocycles. The van der Waals surface area contributed by atoms with Gasteiger partial charge in [0.1, 0.15) is 0 Å². The first-order chi connectivity index (χ1) is 11.2. The Kier molecular flexibility index (Phi) is 5.41. The molecule has 0 unspecified atom stereocenters. The molecule has 2 aromatic rings. The number of aryl methyl sites for hydroxylation is 2. The summed E-state index contributed by atoms with van der Waals surface area (Å²) in [5.41, 5.74) is 3.79. The van der Waals surface area contributed by atoms with Crippen molar-refractivity contribution in [2.24, 2.45) is 0 Å². The number of sulfonamides is 1. The van der Waals surface area contributed by atoms with Crippen molar-refractivity contribution in [1.82, 2.24) is 9.62 Å². The highest BCUT2D eigenvalue weighted by Gasteiger charge is 2.17. The highest BCUT2D eigenvalue weighted by Crippen LogP contribution is 2.14. The van der Waals surface area contributed by atoms with Gasteiger partial charge in [0.15, 0.2) is 0 Å². The molecule has 0 fully saturated rings. The third kappa shape index (κ3) is 4.01. The van der Waals surface area contributed by atoms with E-state index in [0.29, 0.717) is 12.1 Å². The Bertz CT molecular complexity index is 841. The summed E-state index contributed by atoms with van der Waals surface area (Å²) >= 11 is 0. The molecular formula is C18H22N2O3S. The molecule has 0 radical (unpaired) electrons. The first-order valence-electron chi connectivity index (χ1n) is 7.59. The summed E-state index contributed by atoms with van der Waals surface area (Å²) in [6, 6.07) is 12.0. The topological polar surface area (TPSA) is 66.5 Å². The van der Waals surface area contributed by atoms with Gasteiger partial charge in [-0.15, -0.1) is 0 Å². The zero-order valence-corrected chi connectivity index (χ0v) is 15.1. The fraction of sp³-hybridized carbons (Fsp3) is 0.278. The van der Waals surface area contributed by atoms with E-state index in [9.17, 15) is 13.2 Å². The van der Waals surface area contributed by atoms with Crippen LogP contribution in [0.2, 0.25) is 0 Å². The Morgan fingerprint density at radius 2 is 1.67 bits per heavy atom. The number of amides is 1. The van der Waals surface area contributed by atoms with E-state index in [1.807, 2.05) is 26.0 Å². The van der Waals surface area contributed by atoms with Gasteiger partial charge in [-0.2, -0.15) is 0 Å². The quantitative estimate of drug-likeness (QED) is 0.904. The summed E-state index contributed by atoms with van der Waals surface area (Å²) < 4.78 is 25.2. The third-order valence-electron chi connectivity index (χ3n) is 3.83. The number of carbonyl (C=O) groups is 1. The molecule has 24 heavy (non-hydrogen) atoms. The van der Waals surface area contributed by atoms with Crippen LogP contribution in [-0.4, -0.2) is 32.7 Å². The maximum atomic E-state index is 12.2. The number of nitrogens with one attached hydrogen (secondary N) is 1. The SMILES string of the molecule is Cc1ccc(CNC(=O)c2ccc(S(=O)(=O)N(C)C)cc2)c(C)c1. The van der Waals surface area contributed by atoms with E-state index in [1.54, 1.807) is 0 Å². The van der Waals surface area contributed by atoms with Crippen molar-refractivity contribution >= 4 is 15.9 Å². The van der Waals surface area contributed by atoms with Crippen LogP contribution in [-0.2, 0) is 16.6 Å².